The molecule has 2 aromatic heterocycles. The van der Waals surface area contributed by atoms with Gasteiger partial charge < -0.3 is 5.32 Å². The van der Waals surface area contributed by atoms with Gasteiger partial charge >= 0.3 is 0 Å². The van der Waals surface area contributed by atoms with Gasteiger partial charge in [-0.15, -0.1) is 0 Å². The van der Waals surface area contributed by atoms with Gasteiger partial charge in [-0.25, -0.2) is 18.4 Å². The molecule has 1 atom stereocenters. The number of sulfone groups is 1. The van der Waals surface area contributed by atoms with Crippen molar-refractivity contribution in [3.63, 3.8) is 0 Å². The van der Waals surface area contributed by atoms with Crippen molar-refractivity contribution in [2.75, 3.05) is 6.26 Å². The van der Waals surface area contributed by atoms with Gasteiger partial charge in [-0.2, -0.15) is 0 Å². The van der Waals surface area contributed by atoms with Gasteiger partial charge in [0.2, 0.25) is 0 Å². The van der Waals surface area contributed by atoms with Gasteiger partial charge in [0.15, 0.2) is 9.84 Å². The van der Waals surface area contributed by atoms with E-state index in [1.165, 1.54) is 12.1 Å². The van der Waals surface area contributed by atoms with E-state index >= 15 is 0 Å². The first-order chi connectivity index (χ1) is 13.2. The normalized spacial score (nSPS) is 12.4. The number of pyridine rings is 1. The zero-order valence-electron chi connectivity index (χ0n) is 15.7. The zero-order chi connectivity index (χ0) is 20.3. The van der Waals surface area contributed by atoms with Gasteiger partial charge in [-0.05, 0) is 44.2 Å². The minimum Gasteiger partial charge on any atom is -0.345 e. The minimum atomic E-state index is -3.50. The van der Waals surface area contributed by atoms with Crippen LogP contribution >= 0.6 is 0 Å². The third kappa shape index (κ3) is 4.58. The van der Waals surface area contributed by atoms with Crippen molar-refractivity contribution in [3.05, 3.63) is 71.9 Å². The Morgan fingerprint density at radius 1 is 1.07 bits per heavy atom. The number of nitrogens with zero attached hydrogens (tertiary/aromatic N) is 3. The molecule has 0 spiro atoms. The van der Waals surface area contributed by atoms with Crippen molar-refractivity contribution in [2.24, 2.45) is 0 Å². The summed E-state index contributed by atoms with van der Waals surface area (Å²) < 4.78 is 24.2. The molecule has 0 aliphatic heterocycles. The largest absolute Gasteiger partial charge is 0.345 e. The lowest BCUT2D eigenvalue weighted by Crippen LogP contribution is -2.27. The van der Waals surface area contributed by atoms with E-state index < -0.39 is 15.7 Å². The van der Waals surface area contributed by atoms with Crippen LogP contribution < -0.4 is 5.32 Å². The predicted octanol–water partition coefficient (Wildman–Crippen LogP) is 2.74. The fraction of sp³-hybridized carbons (Fsp3) is 0.200. The molecule has 1 amide bonds. The van der Waals surface area contributed by atoms with Gasteiger partial charge in [0.05, 0.1) is 16.6 Å². The number of carbonyl (C=O) groups is 1. The number of benzene rings is 1. The van der Waals surface area contributed by atoms with E-state index in [0.29, 0.717) is 17.1 Å². The smallest absolute Gasteiger partial charge is 0.251 e. The molecule has 0 saturated carbocycles. The molecule has 0 saturated heterocycles. The van der Waals surface area contributed by atoms with Crippen LogP contribution in [0.2, 0.25) is 0 Å². The molecule has 0 aliphatic rings. The Hall–Kier alpha value is -3.13. The fourth-order valence-electron chi connectivity index (χ4n) is 2.62. The minimum absolute atomic E-state index is 0.0622. The van der Waals surface area contributed by atoms with Crippen LogP contribution in [-0.2, 0) is 9.84 Å². The van der Waals surface area contributed by atoms with Crippen molar-refractivity contribution >= 4 is 15.7 Å². The molecule has 0 fully saturated rings. The lowest BCUT2D eigenvalue weighted by Gasteiger charge is -2.15. The van der Waals surface area contributed by atoms with Crippen LogP contribution in [0.5, 0.6) is 0 Å². The van der Waals surface area contributed by atoms with Crippen LogP contribution in [0.25, 0.3) is 11.3 Å². The lowest BCUT2D eigenvalue weighted by atomic mass is 10.1. The van der Waals surface area contributed by atoms with Crippen molar-refractivity contribution < 1.29 is 13.2 Å². The Bertz CT molecular complexity index is 1100. The van der Waals surface area contributed by atoms with Gasteiger partial charge in [0.1, 0.15) is 5.82 Å². The highest BCUT2D eigenvalue weighted by atomic mass is 32.2. The number of hydrogen-bond donors (Lipinski definition) is 1. The van der Waals surface area contributed by atoms with Crippen LogP contribution in [0.15, 0.2) is 59.9 Å². The average Bonchev–Trinajstić information content (AvgIpc) is 2.68. The number of aryl methyl sites for hydroxylation is 1. The fourth-order valence-corrected chi connectivity index (χ4v) is 3.30. The van der Waals surface area contributed by atoms with Gasteiger partial charge in [0.25, 0.3) is 5.91 Å². The highest BCUT2D eigenvalue weighted by Gasteiger charge is 2.17. The summed E-state index contributed by atoms with van der Waals surface area (Å²) in [4.78, 5) is 25.4. The van der Waals surface area contributed by atoms with Crippen molar-refractivity contribution in [1.29, 1.82) is 0 Å². The number of amides is 1. The predicted molar refractivity (Wildman–Crippen MR) is 105 cm³/mol. The molecule has 8 heteroatoms. The van der Waals surface area contributed by atoms with Crippen LogP contribution in [-0.4, -0.2) is 35.5 Å². The molecular formula is C20H20N4O3S. The summed E-state index contributed by atoms with van der Waals surface area (Å²) in [5.74, 6) is 0.249. The average molecular weight is 396 g/mol. The van der Waals surface area contributed by atoms with E-state index in [4.69, 9.17) is 0 Å². The highest BCUT2D eigenvalue weighted by molar-refractivity contribution is 7.90. The maximum atomic E-state index is 12.8. The van der Waals surface area contributed by atoms with Crippen molar-refractivity contribution in [2.45, 2.75) is 24.8 Å². The van der Waals surface area contributed by atoms with Crippen molar-refractivity contribution in [1.82, 2.24) is 20.3 Å². The molecule has 144 valence electrons. The van der Waals surface area contributed by atoms with E-state index in [2.05, 4.69) is 20.3 Å². The maximum absolute atomic E-state index is 12.8. The molecule has 7 nitrogen and oxygen atoms in total. The topological polar surface area (TPSA) is 102 Å². The summed E-state index contributed by atoms with van der Waals surface area (Å²) in [5.41, 5.74) is 2.13. The monoisotopic (exact) mass is 396 g/mol. The standard InChI is InChI=1S/C20H20N4O3S/c1-13(17-11-22-14(2)23-12-17)24-20(25)16-8-15(19-6-4-5-7-21-19)9-18(10-16)28(3,26)27/h4-13H,1-3H3,(H,24,25)/t13-/m1/s1. The molecule has 0 unspecified atom stereocenters. The number of hydrogen-bond acceptors (Lipinski definition) is 6. The molecule has 2 heterocycles. The van der Waals surface area contributed by atoms with Gasteiger partial charge in [-0.1, -0.05) is 6.07 Å². The Morgan fingerprint density at radius 3 is 2.39 bits per heavy atom. The summed E-state index contributed by atoms with van der Waals surface area (Å²) in [6, 6.07) is 9.51. The first kappa shape index (κ1) is 19.6. The van der Waals surface area contributed by atoms with Crippen LogP contribution in [0.3, 0.4) is 0 Å². The summed E-state index contributed by atoms with van der Waals surface area (Å²) >= 11 is 0. The van der Waals surface area contributed by atoms with E-state index in [9.17, 15) is 13.2 Å². The van der Waals surface area contributed by atoms with E-state index in [0.717, 1.165) is 11.8 Å². The molecule has 0 aliphatic carbocycles. The summed E-state index contributed by atoms with van der Waals surface area (Å²) in [6.45, 7) is 3.59. The Labute approximate surface area is 163 Å². The zero-order valence-corrected chi connectivity index (χ0v) is 16.6. The first-order valence-electron chi connectivity index (χ1n) is 8.60. The molecule has 0 bridgehead atoms. The van der Waals surface area contributed by atoms with Crippen LogP contribution in [0.4, 0.5) is 0 Å². The van der Waals surface area contributed by atoms with E-state index in [1.54, 1.807) is 49.8 Å². The molecule has 1 N–H and O–H groups in total. The second-order valence-electron chi connectivity index (χ2n) is 6.49. The molecular weight excluding hydrogens is 376 g/mol. The molecule has 3 rings (SSSR count). The third-order valence-electron chi connectivity index (χ3n) is 4.21. The highest BCUT2D eigenvalue weighted by Crippen LogP contribution is 2.24. The Morgan fingerprint density at radius 2 is 1.79 bits per heavy atom. The maximum Gasteiger partial charge on any atom is 0.251 e. The van der Waals surface area contributed by atoms with Crippen molar-refractivity contribution in [3.8, 4) is 11.3 Å². The number of nitrogens with one attached hydrogen (secondary N) is 1. The lowest BCUT2D eigenvalue weighted by molar-refractivity contribution is 0.0939. The van der Waals surface area contributed by atoms with Crippen LogP contribution in [0, 0.1) is 6.92 Å². The number of rotatable bonds is 5. The van der Waals surface area contributed by atoms with Crippen LogP contribution in [0.1, 0.15) is 34.7 Å². The third-order valence-corrected chi connectivity index (χ3v) is 5.30. The Balaban J connectivity index is 1.95. The van der Waals surface area contributed by atoms with E-state index in [1.807, 2.05) is 6.92 Å². The quantitative estimate of drug-likeness (QED) is 0.711. The molecule has 28 heavy (non-hydrogen) atoms. The number of carbonyl (C=O) groups excluding carboxylic acids is 1. The van der Waals surface area contributed by atoms with E-state index in [-0.39, 0.29) is 16.5 Å². The molecule has 0 radical (unpaired) electrons. The molecule has 1 aromatic carbocycles. The summed E-state index contributed by atoms with van der Waals surface area (Å²) in [5, 5.41) is 2.86. The number of aromatic nitrogens is 3. The molecule has 3 aromatic rings. The first-order valence-corrected chi connectivity index (χ1v) is 10.5. The summed E-state index contributed by atoms with van der Waals surface area (Å²) in [6.07, 6.45) is 6.03. The van der Waals surface area contributed by atoms with Gasteiger partial charge in [0, 0.05) is 41.5 Å². The second-order valence-corrected chi connectivity index (χ2v) is 8.51. The summed E-state index contributed by atoms with van der Waals surface area (Å²) in [7, 11) is -3.50. The van der Waals surface area contributed by atoms with Gasteiger partial charge in [-0.3, -0.25) is 9.78 Å². The second kappa shape index (κ2) is 7.85. The Kier molecular flexibility index (Phi) is 5.51. The SMILES string of the molecule is Cc1ncc([C@@H](C)NC(=O)c2cc(-c3ccccn3)cc(S(C)(=O)=O)c2)cn1.